The molecule has 1 N–H and O–H groups in total. The molecule has 3 fully saturated rings. The van der Waals surface area contributed by atoms with Crippen molar-refractivity contribution >= 4 is 5.91 Å². The number of aromatic nitrogens is 3. The van der Waals surface area contributed by atoms with Crippen molar-refractivity contribution in [3.8, 4) is 0 Å². The van der Waals surface area contributed by atoms with Gasteiger partial charge in [-0.25, -0.2) is 0 Å². The summed E-state index contributed by atoms with van der Waals surface area (Å²) in [6.07, 6.45) is 11.3. The maximum atomic E-state index is 12.7. The topological polar surface area (TPSA) is 63.1 Å². The first-order chi connectivity index (χ1) is 12.8. The predicted molar refractivity (Wildman–Crippen MR) is 98.8 cm³/mol. The van der Waals surface area contributed by atoms with E-state index in [2.05, 4.69) is 25.0 Å². The van der Waals surface area contributed by atoms with Crippen LogP contribution < -0.4 is 5.32 Å². The SMILES string of the molecule is O=C(NC1CCCC1)c1nnc2n1C[C@H]1CN(CC3CCCC3)C[C@H]1C2. The maximum Gasteiger partial charge on any atom is 0.289 e. The first-order valence-corrected chi connectivity index (χ1v) is 10.7. The van der Waals surface area contributed by atoms with Crippen molar-refractivity contribution < 1.29 is 4.79 Å². The van der Waals surface area contributed by atoms with Crippen LogP contribution in [0.5, 0.6) is 0 Å². The molecule has 6 heteroatoms. The standard InChI is InChI=1S/C20H31N5O/c26-20(21-17-7-3-4-8-17)19-23-22-18-9-15-11-24(10-14-5-1-2-6-14)12-16(15)13-25(18)19/h14-17H,1-13H2,(H,21,26)/t15-,16-/m1/s1. The second-order valence-corrected chi connectivity index (χ2v) is 9.10. The highest BCUT2D eigenvalue weighted by Crippen LogP contribution is 2.34. The molecular weight excluding hydrogens is 326 g/mol. The summed E-state index contributed by atoms with van der Waals surface area (Å²) < 4.78 is 2.12. The molecule has 5 rings (SSSR count). The molecule has 26 heavy (non-hydrogen) atoms. The van der Waals surface area contributed by atoms with Gasteiger partial charge in [0.15, 0.2) is 0 Å². The van der Waals surface area contributed by atoms with E-state index in [9.17, 15) is 4.79 Å². The zero-order chi connectivity index (χ0) is 17.5. The third-order valence-corrected chi connectivity index (χ3v) is 7.23. The van der Waals surface area contributed by atoms with Gasteiger partial charge in [-0.15, -0.1) is 10.2 Å². The van der Waals surface area contributed by atoms with Gasteiger partial charge in [0.05, 0.1) is 0 Å². The monoisotopic (exact) mass is 357 g/mol. The predicted octanol–water partition coefficient (Wildman–Crippen LogP) is 2.24. The van der Waals surface area contributed by atoms with Crippen LogP contribution in [0, 0.1) is 17.8 Å². The van der Waals surface area contributed by atoms with Crippen molar-refractivity contribution in [2.24, 2.45) is 17.8 Å². The summed E-state index contributed by atoms with van der Waals surface area (Å²) in [5, 5.41) is 11.8. The van der Waals surface area contributed by atoms with Crippen LogP contribution in [0.4, 0.5) is 0 Å². The van der Waals surface area contributed by atoms with Crippen LogP contribution >= 0.6 is 0 Å². The quantitative estimate of drug-likeness (QED) is 0.898. The highest BCUT2D eigenvalue weighted by Gasteiger charge is 2.39. The summed E-state index contributed by atoms with van der Waals surface area (Å²) in [7, 11) is 0. The Labute approximate surface area is 155 Å². The zero-order valence-electron chi connectivity index (χ0n) is 15.7. The van der Waals surface area contributed by atoms with E-state index < -0.39 is 0 Å². The van der Waals surface area contributed by atoms with E-state index >= 15 is 0 Å². The molecule has 2 saturated carbocycles. The minimum absolute atomic E-state index is 0.0186. The number of nitrogens with one attached hydrogen (secondary N) is 1. The molecule has 1 aromatic heterocycles. The number of rotatable bonds is 4. The number of likely N-dealkylation sites (tertiary alicyclic amines) is 1. The van der Waals surface area contributed by atoms with Crippen molar-refractivity contribution in [1.82, 2.24) is 25.0 Å². The third kappa shape index (κ3) is 3.17. The van der Waals surface area contributed by atoms with Crippen LogP contribution in [0.15, 0.2) is 0 Å². The molecule has 2 atom stereocenters. The average Bonchev–Trinajstić information content (AvgIpc) is 3.40. The van der Waals surface area contributed by atoms with Crippen molar-refractivity contribution in [1.29, 1.82) is 0 Å². The fourth-order valence-electron chi connectivity index (χ4n) is 5.82. The van der Waals surface area contributed by atoms with E-state index in [-0.39, 0.29) is 5.91 Å². The summed E-state index contributed by atoms with van der Waals surface area (Å²) in [6, 6.07) is 0.333. The lowest BCUT2D eigenvalue weighted by Gasteiger charge is -2.26. The first-order valence-electron chi connectivity index (χ1n) is 10.7. The number of amides is 1. The number of carbonyl (C=O) groups excluding carboxylic acids is 1. The van der Waals surface area contributed by atoms with Gasteiger partial charge in [-0.05, 0) is 43.4 Å². The van der Waals surface area contributed by atoms with Crippen molar-refractivity contribution in [2.45, 2.75) is 70.4 Å². The summed E-state index contributed by atoms with van der Waals surface area (Å²) in [5.74, 6) is 3.80. The molecule has 4 aliphatic rings. The van der Waals surface area contributed by atoms with Crippen LogP contribution in [0.2, 0.25) is 0 Å². The number of carbonyl (C=O) groups is 1. The van der Waals surface area contributed by atoms with Crippen LogP contribution in [-0.4, -0.2) is 51.2 Å². The Balaban J connectivity index is 1.24. The van der Waals surface area contributed by atoms with Crippen molar-refractivity contribution in [3.05, 3.63) is 11.6 Å². The van der Waals surface area contributed by atoms with Crippen LogP contribution in [0.3, 0.4) is 0 Å². The van der Waals surface area contributed by atoms with E-state index in [4.69, 9.17) is 0 Å². The van der Waals surface area contributed by atoms with E-state index in [1.165, 1.54) is 58.2 Å². The van der Waals surface area contributed by atoms with Gasteiger partial charge in [-0.3, -0.25) is 4.79 Å². The molecule has 1 amide bonds. The number of hydrogen-bond donors (Lipinski definition) is 1. The molecular formula is C20H31N5O. The molecule has 0 aromatic carbocycles. The van der Waals surface area contributed by atoms with Gasteiger partial charge >= 0.3 is 0 Å². The minimum atomic E-state index is -0.0186. The van der Waals surface area contributed by atoms with Gasteiger partial charge in [-0.2, -0.15) is 0 Å². The van der Waals surface area contributed by atoms with Gasteiger partial charge in [-0.1, -0.05) is 25.7 Å². The van der Waals surface area contributed by atoms with Gasteiger partial charge in [0.25, 0.3) is 5.91 Å². The third-order valence-electron chi connectivity index (χ3n) is 7.23. The second-order valence-electron chi connectivity index (χ2n) is 9.10. The van der Waals surface area contributed by atoms with Crippen LogP contribution in [0.1, 0.15) is 67.8 Å². The Bertz CT molecular complexity index is 659. The molecule has 0 bridgehead atoms. The summed E-state index contributed by atoms with van der Waals surface area (Å²) in [6.45, 7) is 4.59. The average molecular weight is 358 g/mol. The normalized spacial score (nSPS) is 29.8. The largest absolute Gasteiger partial charge is 0.347 e. The fraction of sp³-hybridized carbons (Fsp3) is 0.850. The van der Waals surface area contributed by atoms with Crippen molar-refractivity contribution in [2.75, 3.05) is 19.6 Å². The second kappa shape index (κ2) is 6.95. The van der Waals surface area contributed by atoms with E-state index in [0.717, 1.165) is 37.5 Å². The molecule has 2 aliphatic carbocycles. The smallest absolute Gasteiger partial charge is 0.289 e. The molecule has 142 valence electrons. The molecule has 0 spiro atoms. The molecule has 0 radical (unpaired) electrons. The van der Waals surface area contributed by atoms with Crippen LogP contribution in [-0.2, 0) is 13.0 Å². The Hall–Kier alpha value is -1.43. The van der Waals surface area contributed by atoms with Gasteiger partial charge in [0.2, 0.25) is 5.82 Å². The highest BCUT2D eigenvalue weighted by atomic mass is 16.2. The summed E-state index contributed by atoms with van der Waals surface area (Å²) >= 11 is 0. The molecule has 2 aliphatic heterocycles. The van der Waals surface area contributed by atoms with Gasteiger partial charge in [0, 0.05) is 38.6 Å². The fourth-order valence-corrected chi connectivity index (χ4v) is 5.82. The molecule has 3 heterocycles. The number of hydrogen-bond acceptors (Lipinski definition) is 4. The number of nitrogens with zero attached hydrogens (tertiary/aromatic N) is 4. The van der Waals surface area contributed by atoms with Gasteiger partial charge < -0.3 is 14.8 Å². The first kappa shape index (κ1) is 16.7. The molecule has 0 unspecified atom stereocenters. The molecule has 1 aromatic rings. The van der Waals surface area contributed by atoms with E-state index in [0.29, 0.717) is 23.7 Å². The van der Waals surface area contributed by atoms with E-state index in [1.807, 2.05) is 0 Å². The number of fused-ring (bicyclic) bond motifs is 2. The lowest BCUT2D eigenvalue weighted by Crippen LogP contribution is -2.36. The maximum absolute atomic E-state index is 12.7. The van der Waals surface area contributed by atoms with Crippen LogP contribution in [0.25, 0.3) is 0 Å². The zero-order valence-corrected chi connectivity index (χ0v) is 15.7. The van der Waals surface area contributed by atoms with Crippen molar-refractivity contribution in [3.63, 3.8) is 0 Å². The lowest BCUT2D eigenvalue weighted by molar-refractivity contribution is 0.0919. The van der Waals surface area contributed by atoms with E-state index in [1.54, 1.807) is 0 Å². The molecule has 1 saturated heterocycles. The van der Waals surface area contributed by atoms with Gasteiger partial charge in [0.1, 0.15) is 5.82 Å². The summed E-state index contributed by atoms with van der Waals surface area (Å²) in [4.78, 5) is 15.4. The Morgan fingerprint density at radius 1 is 0.962 bits per heavy atom. The summed E-state index contributed by atoms with van der Waals surface area (Å²) in [5.41, 5.74) is 0. The Morgan fingerprint density at radius 3 is 2.50 bits per heavy atom. The highest BCUT2D eigenvalue weighted by molar-refractivity contribution is 5.91. The Kier molecular flexibility index (Phi) is 4.47. The minimum Gasteiger partial charge on any atom is -0.347 e. The molecule has 6 nitrogen and oxygen atoms in total. The lowest BCUT2D eigenvalue weighted by atomic mass is 9.89. The Morgan fingerprint density at radius 2 is 1.69 bits per heavy atom.